The molecule has 1 fully saturated rings. The minimum atomic E-state index is 0.186. The molecule has 0 amide bonds. The van der Waals surface area contributed by atoms with Crippen molar-refractivity contribution in [1.29, 1.82) is 0 Å². The summed E-state index contributed by atoms with van der Waals surface area (Å²) < 4.78 is 0. The number of aromatic nitrogens is 1. The first kappa shape index (κ1) is 15.6. The molecule has 1 unspecified atom stereocenters. The van der Waals surface area contributed by atoms with Crippen LogP contribution in [0.25, 0.3) is 0 Å². The van der Waals surface area contributed by atoms with Gasteiger partial charge in [-0.05, 0) is 36.8 Å². The topological polar surface area (TPSA) is 28.2 Å². The number of hydrogen-bond acceptors (Lipinski definition) is 3. The molecule has 20 heavy (non-hydrogen) atoms. The fourth-order valence-electron chi connectivity index (χ4n) is 2.14. The third kappa shape index (κ3) is 3.86. The zero-order chi connectivity index (χ0) is 14.9. The Hall–Kier alpha value is -0.800. The van der Waals surface area contributed by atoms with Crippen molar-refractivity contribution >= 4 is 17.4 Å². The van der Waals surface area contributed by atoms with Crippen LogP contribution in [0.3, 0.4) is 0 Å². The van der Waals surface area contributed by atoms with E-state index in [9.17, 15) is 0 Å². The van der Waals surface area contributed by atoms with Gasteiger partial charge in [-0.15, -0.1) is 0 Å². The van der Waals surface area contributed by atoms with Crippen molar-refractivity contribution in [3.63, 3.8) is 0 Å². The van der Waals surface area contributed by atoms with E-state index in [4.69, 9.17) is 11.6 Å². The number of rotatable bonds is 5. The summed E-state index contributed by atoms with van der Waals surface area (Å²) in [6.45, 7) is 9.76. The normalized spacial score (nSPS) is 17.1. The lowest BCUT2D eigenvalue weighted by molar-refractivity contribution is 0.328. The Balaban J connectivity index is 2.07. The number of nitrogens with one attached hydrogen (secondary N) is 1. The van der Waals surface area contributed by atoms with Crippen molar-refractivity contribution in [2.75, 3.05) is 11.9 Å². The highest BCUT2D eigenvalue weighted by Crippen LogP contribution is 2.30. The van der Waals surface area contributed by atoms with Crippen molar-refractivity contribution < 1.29 is 0 Å². The smallest absolute Gasteiger partial charge is 0.147 e. The van der Waals surface area contributed by atoms with Crippen LogP contribution in [0, 0.1) is 5.41 Å². The molecule has 0 aliphatic heterocycles. The van der Waals surface area contributed by atoms with Crippen molar-refractivity contribution in [3.8, 4) is 0 Å². The van der Waals surface area contributed by atoms with Gasteiger partial charge in [0, 0.05) is 31.9 Å². The van der Waals surface area contributed by atoms with Gasteiger partial charge in [-0.3, -0.25) is 0 Å². The van der Waals surface area contributed by atoms with E-state index in [-0.39, 0.29) is 5.41 Å². The van der Waals surface area contributed by atoms with Crippen LogP contribution in [0.4, 0.5) is 5.82 Å². The third-order valence-electron chi connectivity index (χ3n) is 4.22. The highest BCUT2D eigenvalue weighted by atomic mass is 35.5. The molecule has 1 N–H and O–H groups in total. The molecule has 1 atom stereocenters. The Labute approximate surface area is 127 Å². The average Bonchev–Trinajstić information content (AvgIpc) is 3.17. The van der Waals surface area contributed by atoms with E-state index in [2.05, 4.69) is 49.9 Å². The van der Waals surface area contributed by atoms with E-state index in [0.717, 1.165) is 22.9 Å². The summed E-state index contributed by atoms with van der Waals surface area (Å²) in [6.07, 6.45) is 4.53. The van der Waals surface area contributed by atoms with Gasteiger partial charge < -0.3 is 10.2 Å². The zero-order valence-electron chi connectivity index (χ0n) is 13.2. The predicted octanol–water partition coefficient (Wildman–Crippen LogP) is 3.86. The van der Waals surface area contributed by atoms with E-state index in [0.29, 0.717) is 12.1 Å². The standard InChI is InChI=1S/C16H26ClN3/c1-11(16(2,3)4)20(5)15-14(17)8-12(10-19-15)9-18-13-6-7-13/h8,10-11,13,18H,6-7,9H2,1-5H3. The molecule has 0 bridgehead atoms. The van der Waals surface area contributed by atoms with Crippen LogP contribution in [-0.2, 0) is 6.54 Å². The maximum atomic E-state index is 6.42. The average molecular weight is 296 g/mol. The first-order chi connectivity index (χ1) is 9.29. The predicted molar refractivity (Wildman–Crippen MR) is 86.4 cm³/mol. The maximum Gasteiger partial charge on any atom is 0.147 e. The highest BCUT2D eigenvalue weighted by Gasteiger charge is 2.26. The van der Waals surface area contributed by atoms with Crippen LogP contribution in [-0.4, -0.2) is 24.1 Å². The van der Waals surface area contributed by atoms with Crippen molar-refractivity contribution in [2.24, 2.45) is 5.41 Å². The fourth-order valence-corrected chi connectivity index (χ4v) is 2.46. The Morgan fingerprint density at radius 1 is 1.45 bits per heavy atom. The van der Waals surface area contributed by atoms with E-state index in [1.807, 2.05) is 12.3 Å². The largest absolute Gasteiger partial charge is 0.355 e. The quantitative estimate of drug-likeness (QED) is 0.894. The number of halogens is 1. The molecule has 0 radical (unpaired) electrons. The van der Waals surface area contributed by atoms with Gasteiger partial charge in [0.15, 0.2) is 0 Å². The number of anilines is 1. The molecule has 4 heteroatoms. The van der Waals surface area contributed by atoms with Crippen LogP contribution >= 0.6 is 11.6 Å². The van der Waals surface area contributed by atoms with Crippen LogP contribution in [0.1, 0.15) is 46.1 Å². The van der Waals surface area contributed by atoms with Crippen molar-refractivity contribution in [1.82, 2.24) is 10.3 Å². The molecule has 1 aliphatic carbocycles. The van der Waals surface area contributed by atoms with Gasteiger partial charge in [0.25, 0.3) is 0 Å². The molecule has 1 heterocycles. The Bertz CT molecular complexity index is 463. The summed E-state index contributed by atoms with van der Waals surface area (Å²) in [5, 5.41) is 4.22. The summed E-state index contributed by atoms with van der Waals surface area (Å²) in [6, 6.07) is 3.10. The molecule has 0 aromatic carbocycles. The Morgan fingerprint density at radius 2 is 2.10 bits per heavy atom. The van der Waals surface area contributed by atoms with Crippen LogP contribution in [0.2, 0.25) is 5.02 Å². The van der Waals surface area contributed by atoms with E-state index < -0.39 is 0 Å². The lowest BCUT2D eigenvalue weighted by atomic mass is 9.87. The van der Waals surface area contributed by atoms with Gasteiger partial charge >= 0.3 is 0 Å². The van der Waals surface area contributed by atoms with Gasteiger partial charge in [0.05, 0.1) is 5.02 Å². The summed E-state index contributed by atoms with van der Waals surface area (Å²) >= 11 is 6.42. The highest BCUT2D eigenvalue weighted by molar-refractivity contribution is 6.33. The third-order valence-corrected chi connectivity index (χ3v) is 4.50. The van der Waals surface area contributed by atoms with Gasteiger partial charge in [-0.25, -0.2) is 4.98 Å². The molecule has 1 aromatic rings. The minimum absolute atomic E-state index is 0.186. The maximum absolute atomic E-state index is 6.42. The monoisotopic (exact) mass is 295 g/mol. The summed E-state index contributed by atoms with van der Waals surface area (Å²) in [5.74, 6) is 0.865. The second kappa shape index (κ2) is 5.90. The van der Waals surface area contributed by atoms with Gasteiger partial charge in [-0.1, -0.05) is 32.4 Å². The molecule has 3 nitrogen and oxygen atoms in total. The lowest BCUT2D eigenvalue weighted by Crippen LogP contribution is -2.40. The molecule has 0 spiro atoms. The molecule has 1 saturated carbocycles. The van der Waals surface area contributed by atoms with E-state index in [1.165, 1.54) is 12.8 Å². The summed E-state index contributed by atoms with van der Waals surface area (Å²) in [4.78, 5) is 6.73. The first-order valence-electron chi connectivity index (χ1n) is 7.39. The fraction of sp³-hybridized carbons (Fsp3) is 0.688. The number of nitrogens with zero attached hydrogens (tertiary/aromatic N) is 2. The molecule has 112 valence electrons. The molecular weight excluding hydrogens is 270 g/mol. The Kier molecular flexibility index (Phi) is 4.60. The number of hydrogen-bond donors (Lipinski definition) is 1. The van der Waals surface area contributed by atoms with Crippen molar-refractivity contribution in [3.05, 3.63) is 22.8 Å². The first-order valence-corrected chi connectivity index (χ1v) is 7.77. The molecule has 1 aromatic heterocycles. The lowest BCUT2D eigenvalue weighted by Gasteiger charge is -2.36. The second-order valence-corrected chi connectivity index (χ2v) is 7.36. The minimum Gasteiger partial charge on any atom is -0.355 e. The van der Waals surface area contributed by atoms with Gasteiger partial charge in [-0.2, -0.15) is 0 Å². The van der Waals surface area contributed by atoms with Gasteiger partial charge in [0.2, 0.25) is 0 Å². The molecule has 0 saturated heterocycles. The van der Waals surface area contributed by atoms with E-state index >= 15 is 0 Å². The molecule has 2 rings (SSSR count). The van der Waals surface area contributed by atoms with Gasteiger partial charge in [0.1, 0.15) is 5.82 Å². The summed E-state index contributed by atoms with van der Waals surface area (Å²) in [5.41, 5.74) is 1.34. The SMILES string of the molecule is CC(N(C)c1ncc(CNC2CC2)cc1Cl)C(C)(C)C. The van der Waals surface area contributed by atoms with Crippen LogP contribution < -0.4 is 10.2 Å². The molecular formula is C16H26ClN3. The van der Waals surface area contributed by atoms with E-state index in [1.54, 1.807) is 0 Å². The second-order valence-electron chi connectivity index (χ2n) is 6.96. The van der Waals surface area contributed by atoms with Crippen LogP contribution in [0.5, 0.6) is 0 Å². The van der Waals surface area contributed by atoms with Crippen molar-refractivity contribution in [2.45, 2.75) is 59.2 Å². The zero-order valence-corrected chi connectivity index (χ0v) is 14.0. The summed E-state index contributed by atoms with van der Waals surface area (Å²) in [7, 11) is 2.06. The number of pyridine rings is 1. The van der Waals surface area contributed by atoms with Crippen LogP contribution in [0.15, 0.2) is 12.3 Å². The Morgan fingerprint density at radius 3 is 2.60 bits per heavy atom. The molecule has 1 aliphatic rings.